The number of ether oxygens (including phenoxy) is 1. The first kappa shape index (κ1) is 15.5. The van der Waals surface area contributed by atoms with Crippen LogP contribution >= 0.6 is 0 Å². The molecular weight excluding hydrogens is 300 g/mol. The van der Waals surface area contributed by atoms with Gasteiger partial charge in [0.05, 0.1) is 12.3 Å². The molecule has 1 aromatic heterocycles. The molecule has 3 heterocycles. The van der Waals surface area contributed by atoms with Gasteiger partial charge in [0.15, 0.2) is 0 Å². The Morgan fingerprint density at radius 1 is 1.29 bits per heavy atom. The summed E-state index contributed by atoms with van der Waals surface area (Å²) in [5.41, 5.74) is 4.94. The van der Waals surface area contributed by atoms with Crippen molar-refractivity contribution in [3.8, 4) is 5.75 Å². The van der Waals surface area contributed by atoms with Gasteiger partial charge in [-0.3, -0.25) is 0 Å². The summed E-state index contributed by atoms with van der Waals surface area (Å²) >= 11 is 0. The molecule has 0 unspecified atom stereocenters. The lowest BCUT2D eigenvalue weighted by Crippen LogP contribution is -2.38. The fourth-order valence-corrected chi connectivity index (χ4v) is 3.92. The Labute approximate surface area is 143 Å². The van der Waals surface area contributed by atoms with Crippen molar-refractivity contribution in [1.29, 1.82) is 0 Å². The maximum absolute atomic E-state index is 5.91. The average Bonchev–Trinajstić information content (AvgIpc) is 2.92. The molecule has 2 aliphatic rings. The average molecular weight is 326 g/mol. The number of rotatable bonds is 3. The molecule has 2 N–H and O–H groups in total. The number of fused-ring (bicyclic) bond motifs is 2. The summed E-state index contributed by atoms with van der Waals surface area (Å²) < 4.78 is 8.01. The molecule has 128 valence electrons. The van der Waals surface area contributed by atoms with Crippen molar-refractivity contribution in [3.63, 3.8) is 0 Å². The van der Waals surface area contributed by atoms with Gasteiger partial charge in [0.1, 0.15) is 11.6 Å². The quantitative estimate of drug-likeness (QED) is 0.910. The zero-order chi connectivity index (χ0) is 16.7. The molecule has 0 saturated heterocycles. The van der Waals surface area contributed by atoms with Crippen LogP contribution in [0, 0.1) is 26.7 Å². The Morgan fingerprint density at radius 2 is 2.17 bits per heavy atom. The molecule has 0 fully saturated rings. The van der Waals surface area contributed by atoms with E-state index in [0.29, 0.717) is 12.0 Å². The van der Waals surface area contributed by atoms with Gasteiger partial charge >= 0.3 is 0 Å². The minimum absolute atomic E-state index is 0.383. The molecule has 5 heteroatoms. The Morgan fingerprint density at radius 3 is 3.04 bits per heavy atom. The Hall–Kier alpha value is -2.01. The Bertz CT molecular complexity index is 752. The zero-order valence-electron chi connectivity index (χ0n) is 14.7. The van der Waals surface area contributed by atoms with Crippen LogP contribution in [0.3, 0.4) is 0 Å². The van der Waals surface area contributed by atoms with Crippen LogP contribution in [0.25, 0.3) is 0 Å². The third-order valence-electron chi connectivity index (χ3n) is 5.03. The Kier molecular flexibility index (Phi) is 3.96. The molecule has 1 aromatic carbocycles. The van der Waals surface area contributed by atoms with Crippen LogP contribution in [0.4, 0.5) is 5.82 Å². The van der Waals surface area contributed by atoms with Gasteiger partial charge < -0.3 is 15.4 Å². The fourth-order valence-electron chi connectivity index (χ4n) is 3.92. The molecule has 0 saturated carbocycles. The fraction of sp³-hybridized carbons (Fsp3) is 0.526. The first-order chi connectivity index (χ1) is 11.6. The summed E-state index contributed by atoms with van der Waals surface area (Å²) in [6.45, 7) is 10.1. The standard InChI is InChI=1S/C19H26N4O/c1-12-6-13(2)19-16(7-12)17(4-5-24-19)20-9-15-10-21-18-8-14(3)22-23(18)11-15/h6-8,15,17,20-21H,4-5,9-11H2,1-3H3/t15-,17-/m0/s1. The van der Waals surface area contributed by atoms with Gasteiger partial charge in [-0.1, -0.05) is 17.7 Å². The van der Waals surface area contributed by atoms with Crippen molar-refractivity contribution in [3.05, 3.63) is 40.6 Å². The SMILES string of the molecule is Cc1cc(C)c2c(c1)[C@@H](NC[C@H]1CNc3cc(C)nn3C1)CCO2. The molecular formula is C19H26N4O. The van der Waals surface area contributed by atoms with E-state index in [-0.39, 0.29) is 0 Å². The van der Waals surface area contributed by atoms with Crippen LogP contribution in [0.15, 0.2) is 18.2 Å². The lowest BCUT2D eigenvalue weighted by atomic mass is 9.95. The van der Waals surface area contributed by atoms with E-state index < -0.39 is 0 Å². The maximum atomic E-state index is 5.91. The second-order valence-electron chi connectivity index (χ2n) is 7.20. The van der Waals surface area contributed by atoms with Gasteiger partial charge in [-0.15, -0.1) is 0 Å². The summed E-state index contributed by atoms with van der Waals surface area (Å²) in [6.07, 6.45) is 1.03. The molecule has 0 aliphatic carbocycles. The van der Waals surface area contributed by atoms with Crippen molar-refractivity contribution in [1.82, 2.24) is 15.1 Å². The predicted molar refractivity (Wildman–Crippen MR) is 95.7 cm³/mol. The molecule has 5 nitrogen and oxygen atoms in total. The molecule has 0 bridgehead atoms. The van der Waals surface area contributed by atoms with Crippen LogP contribution in [0.1, 0.15) is 34.8 Å². The second-order valence-corrected chi connectivity index (χ2v) is 7.20. The Balaban J connectivity index is 1.44. The van der Waals surface area contributed by atoms with Crippen molar-refractivity contribution in [2.75, 3.05) is 25.0 Å². The van der Waals surface area contributed by atoms with E-state index in [1.165, 1.54) is 16.7 Å². The van der Waals surface area contributed by atoms with E-state index in [4.69, 9.17) is 4.74 Å². The third kappa shape index (κ3) is 2.88. The molecule has 24 heavy (non-hydrogen) atoms. The lowest BCUT2D eigenvalue weighted by molar-refractivity contribution is 0.244. The first-order valence-electron chi connectivity index (χ1n) is 8.86. The van der Waals surface area contributed by atoms with Crippen molar-refractivity contribution < 1.29 is 4.74 Å². The molecule has 0 spiro atoms. The number of hydrogen-bond acceptors (Lipinski definition) is 4. The normalized spacial score (nSPS) is 22.3. The highest BCUT2D eigenvalue weighted by atomic mass is 16.5. The second kappa shape index (κ2) is 6.13. The van der Waals surface area contributed by atoms with E-state index in [1.807, 2.05) is 6.92 Å². The summed E-state index contributed by atoms with van der Waals surface area (Å²) in [7, 11) is 0. The number of nitrogens with zero attached hydrogens (tertiary/aromatic N) is 2. The summed E-state index contributed by atoms with van der Waals surface area (Å²) in [5, 5.41) is 11.8. The molecule has 0 radical (unpaired) electrons. The smallest absolute Gasteiger partial charge is 0.126 e. The minimum atomic E-state index is 0.383. The van der Waals surface area contributed by atoms with Crippen LogP contribution in [0.5, 0.6) is 5.75 Å². The number of aromatic nitrogens is 2. The number of anilines is 1. The highest BCUT2D eigenvalue weighted by Crippen LogP contribution is 2.35. The van der Waals surface area contributed by atoms with E-state index >= 15 is 0 Å². The molecule has 4 rings (SSSR count). The molecule has 2 aromatic rings. The van der Waals surface area contributed by atoms with Crippen molar-refractivity contribution in [2.24, 2.45) is 5.92 Å². The summed E-state index contributed by atoms with van der Waals surface area (Å²) in [4.78, 5) is 0. The van der Waals surface area contributed by atoms with E-state index in [0.717, 1.165) is 49.9 Å². The van der Waals surface area contributed by atoms with Gasteiger partial charge in [0, 0.05) is 49.6 Å². The predicted octanol–water partition coefficient (Wildman–Crippen LogP) is 2.96. The number of nitrogens with one attached hydrogen (secondary N) is 2. The van der Waals surface area contributed by atoms with Crippen LogP contribution in [-0.2, 0) is 6.54 Å². The van der Waals surface area contributed by atoms with Crippen molar-refractivity contribution >= 4 is 5.82 Å². The molecule has 2 atom stereocenters. The van der Waals surface area contributed by atoms with Crippen LogP contribution in [0.2, 0.25) is 0 Å². The summed E-state index contributed by atoms with van der Waals surface area (Å²) in [6, 6.07) is 6.97. The van der Waals surface area contributed by atoms with Gasteiger partial charge in [0.2, 0.25) is 0 Å². The first-order valence-corrected chi connectivity index (χ1v) is 8.86. The van der Waals surface area contributed by atoms with Crippen LogP contribution < -0.4 is 15.4 Å². The molecule has 0 amide bonds. The summed E-state index contributed by atoms with van der Waals surface area (Å²) in [5.74, 6) is 2.77. The van der Waals surface area contributed by atoms with Gasteiger partial charge in [-0.2, -0.15) is 5.10 Å². The van der Waals surface area contributed by atoms with Gasteiger partial charge in [-0.25, -0.2) is 4.68 Å². The maximum Gasteiger partial charge on any atom is 0.126 e. The highest BCUT2D eigenvalue weighted by Gasteiger charge is 2.25. The number of hydrogen-bond donors (Lipinski definition) is 2. The molecule has 2 aliphatic heterocycles. The largest absolute Gasteiger partial charge is 0.493 e. The van der Waals surface area contributed by atoms with Gasteiger partial charge in [-0.05, 0) is 26.3 Å². The topological polar surface area (TPSA) is 51.1 Å². The minimum Gasteiger partial charge on any atom is -0.493 e. The highest BCUT2D eigenvalue weighted by molar-refractivity contribution is 5.46. The number of benzene rings is 1. The zero-order valence-corrected chi connectivity index (χ0v) is 14.7. The number of aryl methyl sites for hydroxylation is 3. The van der Waals surface area contributed by atoms with E-state index in [9.17, 15) is 0 Å². The van der Waals surface area contributed by atoms with E-state index in [2.05, 4.69) is 52.5 Å². The monoisotopic (exact) mass is 326 g/mol. The van der Waals surface area contributed by atoms with Crippen molar-refractivity contribution in [2.45, 2.75) is 39.8 Å². The third-order valence-corrected chi connectivity index (χ3v) is 5.03. The van der Waals surface area contributed by atoms with E-state index in [1.54, 1.807) is 0 Å². The van der Waals surface area contributed by atoms with Crippen LogP contribution in [-0.4, -0.2) is 29.5 Å². The van der Waals surface area contributed by atoms with Gasteiger partial charge in [0.25, 0.3) is 0 Å². The lowest BCUT2D eigenvalue weighted by Gasteiger charge is -2.31.